The van der Waals surface area contributed by atoms with Gasteiger partial charge in [0.1, 0.15) is 0 Å². The fourth-order valence-electron chi connectivity index (χ4n) is 23.5. The molecule has 0 aromatic heterocycles. The van der Waals surface area contributed by atoms with Gasteiger partial charge in [0.25, 0.3) is 0 Å². The smallest absolute Gasteiger partial charge is 0.338 e. The van der Waals surface area contributed by atoms with Crippen molar-refractivity contribution in [3.05, 3.63) is 260 Å². The number of halogens is 3. The maximum absolute atomic E-state index is 12.8. The average molecular weight is 2000 g/mol. The standard InChI is InChI=1S/C19H23NO3.2C19H21NO3.C12H14O3.2C12H12O3.C8H10.C4H2O3.CHCl3.CH3.Pd/c3*1-10(2)15-13-8-9-14(15)17(19(22)23)16(13)18(21)20-12-6-4-11(3)5-7-12;3*1-5(2)8-6-3-4-7(8)10-9(6)11(13)15-12(10)14;1-7(2)8-5-3-4-6-8;5-3-1-2-4(6)7-3;2-1(3)4;;/h4-7,13-14,16-17H,8-9H2,1-3H3,(H,20,21)(H,22,23);2*4-9,13-14,16-17H,1-3H3,(H,20,21)(H,22,23);6-7,9-10H,3-4H2,1-2H3;2*3-4,6-7,9-10H,1-2H3;3-6H,1-2H3;1-2H;1H;1H3;/q;;;;;;;;;-1;. The molecule has 0 spiro atoms. The summed E-state index contributed by atoms with van der Waals surface area (Å²) in [7, 11) is 0. The van der Waals surface area contributed by atoms with Crippen LogP contribution in [0.5, 0.6) is 0 Å². The Hall–Kier alpha value is -11.1. The topological polar surface area (TPSA) is 373 Å². The van der Waals surface area contributed by atoms with Gasteiger partial charge in [-0.3, -0.25) is 57.5 Å². The van der Waals surface area contributed by atoms with Gasteiger partial charge in [0.15, 0.2) is 4.30 Å². The van der Waals surface area contributed by atoms with Gasteiger partial charge in [0.2, 0.25) is 17.7 Å². The van der Waals surface area contributed by atoms with Crippen molar-refractivity contribution in [1.82, 2.24) is 0 Å². The Labute approximate surface area is 817 Å². The summed E-state index contributed by atoms with van der Waals surface area (Å²) in [5.74, 6) is -10.4. The van der Waals surface area contributed by atoms with Crippen molar-refractivity contribution in [2.45, 2.75) is 148 Å². The molecule has 3 amide bonds. The fraction of sp³-hybridized carbons (Fsp3) is 0.430. The Kier molecular flexibility index (Phi) is 34.8. The number of hydrogen-bond acceptors (Lipinski definition) is 18. The number of carbonyl (C=O) groups is 14. The first-order valence-corrected chi connectivity index (χ1v) is 46.4. The third-order valence-corrected chi connectivity index (χ3v) is 28.5. The van der Waals surface area contributed by atoms with Gasteiger partial charge >= 0.3 is 65.7 Å². The molecule has 8 saturated carbocycles. The van der Waals surface area contributed by atoms with Crippen molar-refractivity contribution in [2.24, 2.45) is 142 Å². The molecule has 6 N–H and O–H groups in total. The normalized spacial score (nSPS) is 30.4. The number of aliphatic carboxylic acids is 3. The number of fused-ring (bicyclic) bond motifs is 21. The molecule has 28 heteroatoms. The van der Waals surface area contributed by atoms with Gasteiger partial charge in [0, 0.05) is 97.0 Å². The van der Waals surface area contributed by atoms with Gasteiger partial charge in [-0.05, 0) is 209 Å². The molecule has 24 unspecified atom stereocenters. The number of allylic oxidation sites excluding steroid dienone is 26. The van der Waals surface area contributed by atoms with E-state index in [-0.39, 0.29) is 176 Å². The summed E-state index contributed by atoms with van der Waals surface area (Å²) >= 11 is 14.4. The molecule has 3 saturated heterocycles. The molecule has 24 atom stereocenters. The monoisotopic (exact) mass is 1990 g/mol. The van der Waals surface area contributed by atoms with Crippen LogP contribution >= 0.6 is 34.8 Å². The first-order valence-electron chi connectivity index (χ1n) is 45.1. The second-order valence-corrected chi connectivity index (χ2v) is 40.1. The number of amides is 3. The van der Waals surface area contributed by atoms with E-state index in [4.69, 9.17) is 49.0 Å². The van der Waals surface area contributed by atoms with E-state index in [1.807, 2.05) is 211 Å². The minimum absolute atomic E-state index is 0. The number of rotatable bonds is 9. The van der Waals surface area contributed by atoms with Crippen LogP contribution in [0.25, 0.3) is 0 Å². The van der Waals surface area contributed by atoms with E-state index in [0.717, 1.165) is 82.5 Å². The number of aryl methyl sites for hydroxylation is 3. The van der Waals surface area contributed by atoms with Crippen LogP contribution in [0.3, 0.4) is 0 Å². The van der Waals surface area contributed by atoms with Crippen molar-refractivity contribution in [3.8, 4) is 0 Å². The molecular formula is C107H119Cl3N3O21Pd-. The summed E-state index contributed by atoms with van der Waals surface area (Å²) in [5, 5.41) is 37.6. The second kappa shape index (κ2) is 44.4. The number of anilines is 3. The van der Waals surface area contributed by atoms with Gasteiger partial charge in [-0.25, -0.2) is 9.59 Å². The molecule has 11 fully saturated rings. The first-order chi connectivity index (χ1) is 62.8. The Morgan fingerprint density at radius 3 is 0.778 bits per heavy atom. The van der Waals surface area contributed by atoms with Gasteiger partial charge in [0.05, 0.1) is 71.0 Å². The summed E-state index contributed by atoms with van der Waals surface area (Å²) < 4.78 is 17.4. The zero-order valence-electron chi connectivity index (χ0n) is 78.9. The van der Waals surface area contributed by atoms with Gasteiger partial charge < -0.3 is 57.6 Å². The van der Waals surface area contributed by atoms with Gasteiger partial charge in [-0.15, -0.1) is 0 Å². The van der Waals surface area contributed by atoms with Crippen molar-refractivity contribution in [2.75, 3.05) is 16.0 Å². The van der Waals surface area contributed by atoms with Crippen molar-refractivity contribution in [3.63, 3.8) is 0 Å². The number of hydrogen-bond donors (Lipinski definition) is 6. The van der Waals surface area contributed by atoms with E-state index >= 15 is 0 Å². The van der Waals surface area contributed by atoms with E-state index in [2.05, 4.69) is 72.7 Å². The Balaban J connectivity index is 0.000000162. The Bertz CT molecular complexity index is 5360. The van der Waals surface area contributed by atoms with Crippen LogP contribution in [0, 0.1) is 170 Å². The first kappa shape index (κ1) is 106. The maximum atomic E-state index is 12.8. The third kappa shape index (κ3) is 22.1. The zero-order chi connectivity index (χ0) is 97.2. The molecule has 3 aromatic carbocycles. The fourth-order valence-corrected chi connectivity index (χ4v) is 23.5. The van der Waals surface area contributed by atoms with Crippen LogP contribution in [0.4, 0.5) is 17.1 Å². The minimum Gasteiger partial charge on any atom is -0.481 e. The van der Waals surface area contributed by atoms with Crippen molar-refractivity contribution < 1.29 is 122 Å². The molecule has 135 heavy (non-hydrogen) atoms. The molecule has 0 radical (unpaired) electrons. The number of esters is 8. The predicted molar refractivity (Wildman–Crippen MR) is 509 cm³/mol. The molecule has 4 heterocycles. The van der Waals surface area contributed by atoms with Gasteiger partial charge in [-0.2, -0.15) is 0 Å². The number of nitrogens with one attached hydrogen (secondary N) is 3. The number of alkyl halides is 3. The van der Waals surface area contributed by atoms with E-state index in [1.54, 1.807) is 0 Å². The quantitative estimate of drug-likeness (QED) is 0.0220. The molecular weight excluding hydrogens is 1880 g/mol. The summed E-state index contributed by atoms with van der Waals surface area (Å²) in [6, 6.07) is 22.6. The molecule has 13 aliphatic carbocycles. The molecule has 3 aromatic rings. The third-order valence-electron chi connectivity index (χ3n) is 28.5. The van der Waals surface area contributed by atoms with Crippen LogP contribution in [0.1, 0.15) is 139 Å². The van der Waals surface area contributed by atoms with E-state index in [9.17, 15) is 82.4 Å². The SMILES string of the molecule is CC(C)=C1C2C=CC1C(C(=O)Nc1ccc(C)cc1)C2C(=O)O.CC(C)=C1C2C=CC1C(C(=O)Nc1ccc(C)cc1)C2C(=O)O.CC(C)=C1C2C=CC1C1C(=O)OC(=O)C21.CC(C)=C1C2C=CC1C1C(=O)OC(=O)C21.CC(C)=C1C2CCC1C(C(=O)Nc1ccc(C)cc1)C2C(=O)O.CC(C)=C1C2CCC1C1C(=O)OC(=O)C21.CC(C)=C1C=CC=C1.ClC(Cl)Cl.O=C1C=CC(=O)O1.[CH3-].[Pd]. The second-order valence-electron chi connectivity index (χ2n) is 38.2. The zero-order valence-corrected chi connectivity index (χ0v) is 82.7. The van der Waals surface area contributed by atoms with Crippen LogP contribution < -0.4 is 16.0 Å². The number of carboxylic acids is 3. The summed E-state index contributed by atoms with van der Waals surface area (Å²) in [6.07, 6.45) is 30.5. The summed E-state index contributed by atoms with van der Waals surface area (Å²) in [5.41, 5.74) is 22.7. The summed E-state index contributed by atoms with van der Waals surface area (Å²) in [4.78, 5) is 163. The molecule has 12 bridgehead atoms. The molecule has 24 nitrogen and oxygen atoms in total. The van der Waals surface area contributed by atoms with Crippen LogP contribution in [0.15, 0.2) is 236 Å². The molecule has 720 valence electrons. The van der Waals surface area contributed by atoms with E-state index in [0.29, 0.717) is 23.2 Å². The predicted octanol–water partition coefficient (Wildman–Crippen LogP) is 19.5. The number of benzene rings is 3. The largest absolute Gasteiger partial charge is 0.481 e. The Morgan fingerprint density at radius 2 is 0.533 bits per heavy atom. The van der Waals surface area contributed by atoms with Crippen molar-refractivity contribution in [1.29, 1.82) is 0 Å². The molecule has 20 rings (SSSR count). The number of carbonyl (C=O) groups excluding carboxylic acids is 11. The maximum Gasteiger partial charge on any atom is 0.338 e. The summed E-state index contributed by atoms with van der Waals surface area (Å²) in [6.45, 7) is 34.5. The Morgan fingerprint density at radius 1 is 0.304 bits per heavy atom. The number of cyclic esters (lactones) is 8. The number of ether oxygens (including phenoxy) is 4. The van der Waals surface area contributed by atoms with Crippen LogP contribution in [-0.2, 0) is 106 Å². The molecule has 17 aliphatic rings. The average Bonchev–Trinajstić information content (AvgIpc) is 1.59. The van der Waals surface area contributed by atoms with Gasteiger partial charge in [-0.1, -0.05) is 233 Å². The van der Waals surface area contributed by atoms with Crippen LogP contribution in [0.2, 0.25) is 0 Å². The van der Waals surface area contributed by atoms with Crippen molar-refractivity contribution >= 4 is 135 Å². The van der Waals surface area contributed by atoms with E-state index in [1.165, 1.54) is 55.7 Å². The molecule has 4 aliphatic heterocycles. The van der Waals surface area contributed by atoms with Crippen LogP contribution in [-0.4, -0.2) is 103 Å². The number of carboxylic acid groups (broad SMARTS) is 3. The van der Waals surface area contributed by atoms with E-state index < -0.39 is 69.6 Å². The minimum atomic E-state index is -0.898.